The van der Waals surface area contributed by atoms with Gasteiger partial charge in [-0.1, -0.05) is 18.2 Å². The lowest BCUT2D eigenvalue weighted by molar-refractivity contribution is 0.0828. The molecule has 0 saturated heterocycles. The minimum Gasteiger partial charge on any atom is -0.345 e. The van der Waals surface area contributed by atoms with Gasteiger partial charge in [-0.05, 0) is 6.07 Å². The Kier molecular flexibility index (Phi) is 3.01. The van der Waals surface area contributed by atoms with Crippen LogP contribution < -0.4 is 0 Å². The number of thiazole rings is 1. The zero-order valence-electron chi connectivity index (χ0n) is 9.18. The third kappa shape index (κ3) is 1.97. The standard InChI is InChI=1S/C12H12N2OS/c1-14(2)12(15)10-6-4-3-5-9(10)11-7-13-8-16-11/h3-8H,1-2H3. The molecule has 1 aromatic carbocycles. The first kappa shape index (κ1) is 10.8. The molecule has 1 heterocycles. The topological polar surface area (TPSA) is 33.2 Å². The molecule has 0 spiro atoms. The maximum absolute atomic E-state index is 12.0. The summed E-state index contributed by atoms with van der Waals surface area (Å²) >= 11 is 1.54. The average Bonchev–Trinajstić information content (AvgIpc) is 2.81. The first-order chi connectivity index (χ1) is 7.70. The second kappa shape index (κ2) is 4.45. The van der Waals surface area contributed by atoms with Gasteiger partial charge in [0.25, 0.3) is 5.91 Å². The number of amides is 1. The Balaban J connectivity index is 2.51. The van der Waals surface area contributed by atoms with Crippen molar-refractivity contribution >= 4 is 17.2 Å². The molecule has 0 bridgehead atoms. The largest absolute Gasteiger partial charge is 0.345 e. The van der Waals surface area contributed by atoms with Gasteiger partial charge in [0.05, 0.1) is 10.4 Å². The van der Waals surface area contributed by atoms with Crippen molar-refractivity contribution in [1.29, 1.82) is 0 Å². The molecular weight excluding hydrogens is 220 g/mol. The van der Waals surface area contributed by atoms with Crippen LogP contribution in [0.1, 0.15) is 10.4 Å². The van der Waals surface area contributed by atoms with E-state index in [0.29, 0.717) is 0 Å². The van der Waals surface area contributed by atoms with Crippen LogP contribution >= 0.6 is 11.3 Å². The maximum atomic E-state index is 12.0. The SMILES string of the molecule is CN(C)C(=O)c1ccccc1-c1cncs1. The summed E-state index contributed by atoms with van der Waals surface area (Å²) in [4.78, 5) is 18.6. The highest BCUT2D eigenvalue weighted by molar-refractivity contribution is 7.13. The summed E-state index contributed by atoms with van der Waals surface area (Å²) in [6, 6.07) is 7.60. The van der Waals surface area contributed by atoms with Crippen molar-refractivity contribution in [2.45, 2.75) is 0 Å². The van der Waals surface area contributed by atoms with Crippen molar-refractivity contribution in [2.75, 3.05) is 14.1 Å². The van der Waals surface area contributed by atoms with Gasteiger partial charge < -0.3 is 4.90 Å². The molecule has 4 heteroatoms. The Morgan fingerprint density at radius 2 is 2.06 bits per heavy atom. The number of nitrogens with zero attached hydrogens (tertiary/aromatic N) is 2. The molecule has 2 rings (SSSR count). The fourth-order valence-corrected chi connectivity index (χ4v) is 2.14. The van der Waals surface area contributed by atoms with E-state index in [4.69, 9.17) is 0 Å². The van der Waals surface area contributed by atoms with E-state index in [1.165, 1.54) is 11.3 Å². The Bertz CT molecular complexity index is 491. The first-order valence-electron chi connectivity index (χ1n) is 4.89. The molecule has 0 atom stereocenters. The van der Waals surface area contributed by atoms with Crippen molar-refractivity contribution < 1.29 is 4.79 Å². The summed E-state index contributed by atoms with van der Waals surface area (Å²) in [5.41, 5.74) is 3.44. The van der Waals surface area contributed by atoms with E-state index in [1.807, 2.05) is 24.3 Å². The molecule has 0 N–H and O–H groups in total. The van der Waals surface area contributed by atoms with Crippen LogP contribution in [0.5, 0.6) is 0 Å². The smallest absolute Gasteiger partial charge is 0.253 e. The summed E-state index contributed by atoms with van der Waals surface area (Å²) in [5, 5.41) is 0. The molecule has 0 aliphatic rings. The molecule has 0 aliphatic heterocycles. The quantitative estimate of drug-likeness (QED) is 0.797. The van der Waals surface area contributed by atoms with Crippen LogP contribution in [-0.2, 0) is 0 Å². The lowest BCUT2D eigenvalue weighted by Crippen LogP contribution is -2.22. The van der Waals surface area contributed by atoms with E-state index < -0.39 is 0 Å². The maximum Gasteiger partial charge on any atom is 0.253 e. The molecule has 1 amide bonds. The number of rotatable bonds is 2. The van der Waals surface area contributed by atoms with E-state index in [-0.39, 0.29) is 5.91 Å². The normalized spacial score (nSPS) is 10.1. The third-order valence-corrected chi connectivity index (χ3v) is 3.07. The van der Waals surface area contributed by atoms with Crippen LogP contribution in [0.4, 0.5) is 0 Å². The second-order valence-electron chi connectivity index (χ2n) is 3.61. The molecule has 2 aromatic rings. The van der Waals surface area contributed by atoms with Gasteiger partial charge in [-0.25, -0.2) is 0 Å². The first-order valence-corrected chi connectivity index (χ1v) is 5.77. The molecule has 0 radical (unpaired) electrons. The van der Waals surface area contributed by atoms with E-state index in [2.05, 4.69) is 4.98 Å². The fourth-order valence-electron chi connectivity index (χ4n) is 1.47. The lowest BCUT2D eigenvalue weighted by Gasteiger charge is -2.12. The van der Waals surface area contributed by atoms with Gasteiger partial charge in [0.15, 0.2) is 0 Å². The zero-order chi connectivity index (χ0) is 11.5. The number of carbonyl (C=O) groups is 1. The minimum atomic E-state index is 0.0176. The highest BCUT2D eigenvalue weighted by Crippen LogP contribution is 2.27. The van der Waals surface area contributed by atoms with Crippen LogP contribution in [0.2, 0.25) is 0 Å². The van der Waals surface area contributed by atoms with Gasteiger partial charge in [-0.2, -0.15) is 0 Å². The number of hydrogen-bond donors (Lipinski definition) is 0. The van der Waals surface area contributed by atoms with Crippen LogP contribution in [0.25, 0.3) is 10.4 Å². The number of carbonyl (C=O) groups excluding carboxylic acids is 1. The van der Waals surface area contributed by atoms with E-state index in [1.54, 1.807) is 30.7 Å². The highest BCUT2D eigenvalue weighted by Gasteiger charge is 2.14. The molecule has 3 nitrogen and oxygen atoms in total. The van der Waals surface area contributed by atoms with Crippen molar-refractivity contribution in [2.24, 2.45) is 0 Å². The average molecular weight is 232 g/mol. The van der Waals surface area contributed by atoms with Gasteiger partial charge in [-0.15, -0.1) is 11.3 Å². The fraction of sp³-hybridized carbons (Fsp3) is 0.167. The van der Waals surface area contributed by atoms with Gasteiger partial charge in [0.2, 0.25) is 0 Å². The van der Waals surface area contributed by atoms with E-state index in [9.17, 15) is 4.79 Å². The molecule has 0 fully saturated rings. The summed E-state index contributed by atoms with van der Waals surface area (Å²) in [5.74, 6) is 0.0176. The highest BCUT2D eigenvalue weighted by atomic mass is 32.1. The Labute approximate surface area is 98.4 Å². The van der Waals surface area contributed by atoms with Crippen molar-refractivity contribution in [1.82, 2.24) is 9.88 Å². The molecule has 0 unspecified atom stereocenters. The predicted molar refractivity (Wildman–Crippen MR) is 65.6 cm³/mol. The molecular formula is C12H12N2OS. The van der Waals surface area contributed by atoms with Gasteiger partial charge in [0, 0.05) is 31.4 Å². The second-order valence-corrected chi connectivity index (χ2v) is 4.50. The Hall–Kier alpha value is -1.68. The molecule has 0 saturated carbocycles. The van der Waals surface area contributed by atoms with Crippen LogP contribution in [0.15, 0.2) is 36.0 Å². The monoisotopic (exact) mass is 232 g/mol. The van der Waals surface area contributed by atoms with Gasteiger partial charge >= 0.3 is 0 Å². The summed E-state index contributed by atoms with van der Waals surface area (Å²) < 4.78 is 0. The number of aromatic nitrogens is 1. The van der Waals surface area contributed by atoms with Crippen LogP contribution in [0, 0.1) is 0 Å². The van der Waals surface area contributed by atoms with Crippen molar-refractivity contribution in [3.05, 3.63) is 41.5 Å². The lowest BCUT2D eigenvalue weighted by atomic mass is 10.1. The predicted octanol–water partition coefficient (Wildman–Crippen LogP) is 2.51. The van der Waals surface area contributed by atoms with Crippen LogP contribution in [-0.4, -0.2) is 29.9 Å². The summed E-state index contributed by atoms with van der Waals surface area (Å²) in [7, 11) is 3.51. The van der Waals surface area contributed by atoms with Crippen molar-refractivity contribution in [3.8, 4) is 10.4 Å². The van der Waals surface area contributed by atoms with Gasteiger partial charge in [-0.3, -0.25) is 9.78 Å². The number of benzene rings is 1. The Morgan fingerprint density at radius 1 is 1.31 bits per heavy atom. The summed E-state index contributed by atoms with van der Waals surface area (Å²) in [6.45, 7) is 0. The zero-order valence-corrected chi connectivity index (χ0v) is 9.99. The van der Waals surface area contributed by atoms with Gasteiger partial charge in [0.1, 0.15) is 0 Å². The third-order valence-electron chi connectivity index (χ3n) is 2.26. The van der Waals surface area contributed by atoms with Crippen LogP contribution in [0.3, 0.4) is 0 Å². The van der Waals surface area contributed by atoms with E-state index in [0.717, 1.165) is 16.0 Å². The minimum absolute atomic E-state index is 0.0176. The molecule has 82 valence electrons. The Morgan fingerprint density at radius 3 is 2.69 bits per heavy atom. The van der Waals surface area contributed by atoms with E-state index >= 15 is 0 Å². The molecule has 16 heavy (non-hydrogen) atoms. The molecule has 1 aromatic heterocycles. The number of hydrogen-bond acceptors (Lipinski definition) is 3. The molecule has 0 aliphatic carbocycles. The summed E-state index contributed by atoms with van der Waals surface area (Å²) in [6.07, 6.45) is 1.78. The van der Waals surface area contributed by atoms with Crippen molar-refractivity contribution in [3.63, 3.8) is 0 Å².